The van der Waals surface area contributed by atoms with Gasteiger partial charge in [0.1, 0.15) is 0 Å². The molecule has 0 aromatic heterocycles. The fourth-order valence-electron chi connectivity index (χ4n) is 3.56. The number of aliphatic hydroxyl groups excluding tert-OH is 1. The number of amides is 1. The topological polar surface area (TPSA) is 56.2 Å². The minimum atomic E-state index is -0.458. The van der Waals surface area contributed by atoms with Crippen LogP contribution < -0.4 is 0 Å². The lowest BCUT2D eigenvalue weighted by Crippen LogP contribution is -2.56. The summed E-state index contributed by atoms with van der Waals surface area (Å²) in [5.74, 6) is 0.209. The molecule has 1 aromatic rings. The highest BCUT2D eigenvalue weighted by Gasteiger charge is 2.29. The van der Waals surface area contributed by atoms with Crippen LogP contribution in [-0.2, 0) is 9.53 Å². The van der Waals surface area contributed by atoms with Crippen LogP contribution in [0.25, 0.3) is 0 Å². The van der Waals surface area contributed by atoms with Gasteiger partial charge in [-0.15, -0.1) is 0 Å². The molecule has 0 saturated carbocycles. The van der Waals surface area contributed by atoms with Gasteiger partial charge in [-0.25, -0.2) is 0 Å². The minimum Gasteiger partial charge on any atom is -0.387 e. The van der Waals surface area contributed by atoms with Crippen molar-refractivity contribution < 1.29 is 14.6 Å². The lowest BCUT2D eigenvalue weighted by atomic mass is 10.1. The maximum absolute atomic E-state index is 12.6. The molecule has 2 atom stereocenters. The van der Waals surface area contributed by atoms with E-state index in [9.17, 15) is 9.90 Å². The summed E-state index contributed by atoms with van der Waals surface area (Å²) in [6.45, 7) is 8.81. The molecule has 0 unspecified atom stereocenters. The van der Waals surface area contributed by atoms with Gasteiger partial charge in [-0.2, -0.15) is 0 Å². The summed E-state index contributed by atoms with van der Waals surface area (Å²) in [5.41, 5.74) is 0.959. The quantitative estimate of drug-likeness (QED) is 0.845. The summed E-state index contributed by atoms with van der Waals surface area (Å²) in [6.07, 6.45) is -0.458. The number of nitrogens with zero attached hydrogens (tertiary/aromatic N) is 3. The maximum atomic E-state index is 12.6. The molecule has 2 aliphatic heterocycles. The van der Waals surface area contributed by atoms with E-state index >= 15 is 0 Å². The second-order valence-corrected chi connectivity index (χ2v) is 6.88. The SMILES string of the molecule is C[C@H](C(=O)N1CCOCC1)N1CCN(C[C@@H](O)c2ccccc2)CC1. The number of morpholine rings is 1. The summed E-state index contributed by atoms with van der Waals surface area (Å²) >= 11 is 0. The van der Waals surface area contributed by atoms with E-state index in [4.69, 9.17) is 4.74 Å². The summed E-state index contributed by atoms with van der Waals surface area (Å²) in [4.78, 5) is 19.1. The van der Waals surface area contributed by atoms with E-state index in [0.29, 0.717) is 32.8 Å². The fourth-order valence-corrected chi connectivity index (χ4v) is 3.56. The lowest BCUT2D eigenvalue weighted by Gasteiger charge is -2.40. The highest BCUT2D eigenvalue weighted by atomic mass is 16.5. The largest absolute Gasteiger partial charge is 0.387 e. The first-order valence-corrected chi connectivity index (χ1v) is 9.21. The monoisotopic (exact) mass is 347 g/mol. The van der Waals surface area contributed by atoms with Gasteiger partial charge in [0.25, 0.3) is 0 Å². The van der Waals surface area contributed by atoms with Crippen molar-refractivity contribution in [2.75, 3.05) is 59.0 Å². The fraction of sp³-hybridized carbons (Fsp3) is 0.632. The standard InChI is InChI=1S/C19H29N3O3/c1-16(19(24)22-11-13-25-14-12-22)21-9-7-20(8-10-21)15-18(23)17-5-3-2-4-6-17/h2-6,16,18,23H,7-15H2,1H3/t16-,18-/m1/s1. The first kappa shape index (κ1) is 18.3. The van der Waals surface area contributed by atoms with E-state index in [0.717, 1.165) is 31.7 Å². The number of carbonyl (C=O) groups is 1. The van der Waals surface area contributed by atoms with Gasteiger partial charge in [-0.1, -0.05) is 30.3 Å². The molecule has 6 heteroatoms. The molecular formula is C19H29N3O3. The van der Waals surface area contributed by atoms with Crippen LogP contribution >= 0.6 is 0 Å². The van der Waals surface area contributed by atoms with E-state index in [1.54, 1.807) is 0 Å². The van der Waals surface area contributed by atoms with Gasteiger partial charge in [-0.3, -0.25) is 14.6 Å². The van der Waals surface area contributed by atoms with Crippen LogP contribution in [0.3, 0.4) is 0 Å². The second kappa shape index (κ2) is 8.76. The number of β-amino-alcohol motifs (C(OH)–C–C–N with tert-alkyl or cyclic N) is 1. The third-order valence-corrected chi connectivity index (χ3v) is 5.25. The number of benzene rings is 1. The average Bonchev–Trinajstić information content (AvgIpc) is 2.69. The van der Waals surface area contributed by atoms with Crippen molar-refractivity contribution in [3.05, 3.63) is 35.9 Å². The molecule has 2 saturated heterocycles. The number of hydrogen-bond donors (Lipinski definition) is 1. The normalized spacial score (nSPS) is 22.6. The molecule has 0 bridgehead atoms. The van der Waals surface area contributed by atoms with Crippen LogP contribution in [0.1, 0.15) is 18.6 Å². The van der Waals surface area contributed by atoms with Crippen LogP contribution in [-0.4, -0.2) is 90.8 Å². The molecule has 1 amide bonds. The van der Waals surface area contributed by atoms with E-state index in [1.165, 1.54) is 0 Å². The zero-order chi connectivity index (χ0) is 17.6. The van der Waals surface area contributed by atoms with Crippen LogP contribution in [0.15, 0.2) is 30.3 Å². The van der Waals surface area contributed by atoms with Gasteiger partial charge in [0, 0.05) is 45.8 Å². The number of aliphatic hydroxyl groups is 1. The van der Waals surface area contributed by atoms with Crippen molar-refractivity contribution in [2.45, 2.75) is 19.1 Å². The van der Waals surface area contributed by atoms with Crippen molar-refractivity contribution in [2.24, 2.45) is 0 Å². The molecule has 1 aromatic carbocycles. The number of ether oxygens (including phenoxy) is 1. The molecule has 2 fully saturated rings. The zero-order valence-corrected chi connectivity index (χ0v) is 15.0. The van der Waals surface area contributed by atoms with E-state index < -0.39 is 6.10 Å². The Morgan fingerprint density at radius 1 is 1.08 bits per heavy atom. The smallest absolute Gasteiger partial charge is 0.239 e. The van der Waals surface area contributed by atoms with Gasteiger partial charge in [0.2, 0.25) is 5.91 Å². The van der Waals surface area contributed by atoms with E-state index in [-0.39, 0.29) is 11.9 Å². The molecule has 0 aliphatic carbocycles. The van der Waals surface area contributed by atoms with Crippen LogP contribution in [0.2, 0.25) is 0 Å². The predicted octanol–water partition coefficient (Wildman–Crippen LogP) is 0.585. The molecule has 2 heterocycles. The summed E-state index contributed by atoms with van der Waals surface area (Å²) < 4.78 is 5.32. The van der Waals surface area contributed by atoms with Crippen molar-refractivity contribution in [3.63, 3.8) is 0 Å². The van der Waals surface area contributed by atoms with Crippen LogP contribution in [0.4, 0.5) is 0 Å². The van der Waals surface area contributed by atoms with Crippen molar-refractivity contribution in [3.8, 4) is 0 Å². The van der Waals surface area contributed by atoms with Crippen molar-refractivity contribution in [1.29, 1.82) is 0 Å². The molecule has 1 N–H and O–H groups in total. The molecule has 25 heavy (non-hydrogen) atoms. The number of carbonyl (C=O) groups excluding carboxylic acids is 1. The summed E-state index contributed by atoms with van der Waals surface area (Å²) in [5, 5.41) is 10.4. The van der Waals surface area contributed by atoms with Gasteiger partial charge in [-0.05, 0) is 12.5 Å². The molecule has 0 spiro atoms. The molecule has 2 aliphatic rings. The minimum absolute atomic E-state index is 0.0840. The summed E-state index contributed by atoms with van der Waals surface area (Å²) in [6, 6.07) is 9.71. The Balaban J connectivity index is 1.45. The van der Waals surface area contributed by atoms with E-state index in [2.05, 4.69) is 9.80 Å². The molecular weight excluding hydrogens is 318 g/mol. The second-order valence-electron chi connectivity index (χ2n) is 6.88. The van der Waals surface area contributed by atoms with Gasteiger partial charge in [0.15, 0.2) is 0 Å². The molecule has 138 valence electrons. The third kappa shape index (κ3) is 4.79. The first-order valence-electron chi connectivity index (χ1n) is 9.21. The Morgan fingerprint density at radius 3 is 2.36 bits per heavy atom. The number of piperazine rings is 1. The Hall–Kier alpha value is -1.47. The highest BCUT2D eigenvalue weighted by molar-refractivity contribution is 5.81. The maximum Gasteiger partial charge on any atom is 0.239 e. The Bertz CT molecular complexity index is 540. The molecule has 3 rings (SSSR count). The molecule has 0 radical (unpaired) electrons. The van der Waals surface area contributed by atoms with Gasteiger partial charge < -0.3 is 14.7 Å². The van der Waals surface area contributed by atoms with E-state index in [1.807, 2.05) is 42.2 Å². The van der Waals surface area contributed by atoms with Gasteiger partial charge in [0.05, 0.1) is 25.4 Å². The lowest BCUT2D eigenvalue weighted by molar-refractivity contribution is -0.141. The Morgan fingerprint density at radius 2 is 1.72 bits per heavy atom. The summed E-state index contributed by atoms with van der Waals surface area (Å²) in [7, 11) is 0. The Kier molecular flexibility index (Phi) is 6.42. The number of hydrogen-bond acceptors (Lipinski definition) is 5. The predicted molar refractivity (Wildman–Crippen MR) is 96.3 cm³/mol. The number of rotatable bonds is 5. The Labute approximate surface area is 150 Å². The highest BCUT2D eigenvalue weighted by Crippen LogP contribution is 2.16. The first-order chi connectivity index (χ1) is 12.1. The molecule has 6 nitrogen and oxygen atoms in total. The van der Waals surface area contributed by atoms with Crippen LogP contribution in [0.5, 0.6) is 0 Å². The van der Waals surface area contributed by atoms with Gasteiger partial charge >= 0.3 is 0 Å². The van der Waals surface area contributed by atoms with Crippen molar-refractivity contribution >= 4 is 5.91 Å². The van der Waals surface area contributed by atoms with Crippen LogP contribution in [0, 0.1) is 0 Å². The van der Waals surface area contributed by atoms with Crippen molar-refractivity contribution in [1.82, 2.24) is 14.7 Å². The third-order valence-electron chi connectivity index (χ3n) is 5.25. The average molecular weight is 347 g/mol. The zero-order valence-electron chi connectivity index (χ0n) is 15.0.